The standard InChI is InChI=1S/C19H18N2O4S/c1-11-4-6-14(8-12(11)2)20-17(22)10-21-18(23)16(26-19(21)24)9-15-7-5-13(3)25-15/h4-9H,10H2,1-3H3,(H,20,22). The third-order valence-electron chi connectivity index (χ3n) is 4.00. The Hall–Kier alpha value is -2.80. The van der Waals surface area contributed by atoms with Crippen molar-refractivity contribution in [1.29, 1.82) is 0 Å². The van der Waals surface area contributed by atoms with E-state index in [1.165, 1.54) is 6.08 Å². The third kappa shape index (κ3) is 3.88. The van der Waals surface area contributed by atoms with E-state index in [1.807, 2.05) is 26.0 Å². The molecule has 1 N–H and O–H groups in total. The van der Waals surface area contributed by atoms with Crippen LogP contribution in [0.25, 0.3) is 6.08 Å². The first-order valence-electron chi connectivity index (χ1n) is 8.02. The van der Waals surface area contributed by atoms with Gasteiger partial charge in [-0.1, -0.05) is 6.07 Å². The van der Waals surface area contributed by atoms with Gasteiger partial charge in [-0.2, -0.15) is 0 Å². The molecule has 1 aliphatic heterocycles. The second kappa shape index (κ2) is 7.21. The lowest BCUT2D eigenvalue weighted by molar-refractivity contribution is -0.127. The second-order valence-corrected chi connectivity index (χ2v) is 7.06. The van der Waals surface area contributed by atoms with E-state index in [1.54, 1.807) is 25.1 Å². The number of carbonyl (C=O) groups excluding carboxylic acids is 3. The van der Waals surface area contributed by atoms with Crippen LogP contribution in [0.15, 0.2) is 39.7 Å². The van der Waals surface area contributed by atoms with Crippen molar-refractivity contribution in [3.63, 3.8) is 0 Å². The van der Waals surface area contributed by atoms with Crippen molar-refractivity contribution in [3.8, 4) is 0 Å². The summed E-state index contributed by atoms with van der Waals surface area (Å²) in [5.41, 5.74) is 2.80. The Balaban J connectivity index is 1.68. The highest BCUT2D eigenvalue weighted by atomic mass is 32.2. The summed E-state index contributed by atoms with van der Waals surface area (Å²) in [4.78, 5) is 37.9. The van der Waals surface area contributed by atoms with Gasteiger partial charge in [0.05, 0.1) is 4.91 Å². The Morgan fingerprint density at radius 3 is 2.58 bits per heavy atom. The number of nitrogens with one attached hydrogen (secondary N) is 1. The van der Waals surface area contributed by atoms with Gasteiger partial charge in [0.2, 0.25) is 5.91 Å². The number of nitrogens with zero attached hydrogens (tertiary/aromatic N) is 1. The van der Waals surface area contributed by atoms with Crippen molar-refractivity contribution in [3.05, 3.63) is 57.9 Å². The molecule has 0 aliphatic carbocycles. The summed E-state index contributed by atoms with van der Waals surface area (Å²) in [5, 5.41) is 2.24. The van der Waals surface area contributed by atoms with Gasteiger partial charge < -0.3 is 9.73 Å². The van der Waals surface area contributed by atoms with Crippen molar-refractivity contribution in [2.75, 3.05) is 11.9 Å². The van der Waals surface area contributed by atoms with Crippen molar-refractivity contribution in [1.82, 2.24) is 4.90 Å². The van der Waals surface area contributed by atoms with Gasteiger partial charge in [-0.3, -0.25) is 19.3 Å². The number of aryl methyl sites for hydroxylation is 3. The van der Waals surface area contributed by atoms with E-state index in [0.717, 1.165) is 27.8 Å². The van der Waals surface area contributed by atoms with Crippen LogP contribution in [0.4, 0.5) is 10.5 Å². The van der Waals surface area contributed by atoms with E-state index in [-0.39, 0.29) is 11.4 Å². The van der Waals surface area contributed by atoms with Crippen LogP contribution in [0.1, 0.15) is 22.6 Å². The van der Waals surface area contributed by atoms with Gasteiger partial charge in [-0.05, 0) is 67.9 Å². The van der Waals surface area contributed by atoms with Crippen LogP contribution >= 0.6 is 11.8 Å². The molecule has 26 heavy (non-hydrogen) atoms. The molecular weight excluding hydrogens is 352 g/mol. The number of carbonyl (C=O) groups is 3. The molecule has 0 spiro atoms. The number of imide groups is 1. The lowest BCUT2D eigenvalue weighted by Crippen LogP contribution is -2.36. The summed E-state index contributed by atoms with van der Waals surface area (Å²) >= 11 is 0.797. The Bertz CT molecular complexity index is 929. The molecule has 1 aromatic carbocycles. The zero-order valence-electron chi connectivity index (χ0n) is 14.7. The van der Waals surface area contributed by atoms with Crippen LogP contribution in [0.2, 0.25) is 0 Å². The van der Waals surface area contributed by atoms with Crippen LogP contribution in [-0.4, -0.2) is 28.5 Å². The Labute approximate surface area is 155 Å². The maximum absolute atomic E-state index is 12.4. The van der Waals surface area contributed by atoms with Gasteiger partial charge >= 0.3 is 0 Å². The lowest BCUT2D eigenvalue weighted by Gasteiger charge is -2.13. The molecule has 1 aromatic heterocycles. The fourth-order valence-electron chi connectivity index (χ4n) is 2.46. The van der Waals surface area contributed by atoms with E-state index in [9.17, 15) is 14.4 Å². The minimum Gasteiger partial charge on any atom is -0.462 e. The number of rotatable bonds is 4. The predicted molar refractivity (Wildman–Crippen MR) is 101 cm³/mol. The first kappa shape index (κ1) is 18.0. The number of anilines is 1. The maximum atomic E-state index is 12.4. The van der Waals surface area contributed by atoms with Crippen molar-refractivity contribution < 1.29 is 18.8 Å². The third-order valence-corrected chi connectivity index (χ3v) is 4.91. The maximum Gasteiger partial charge on any atom is 0.294 e. The van der Waals surface area contributed by atoms with Crippen molar-refractivity contribution >= 4 is 40.6 Å². The minimum absolute atomic E-state index is 0.239. The van der Waals surface area contributed by atoms with Crippen LogP contribution in [0.3, 0.4) is 0 Å². The second-order valence-electron chi connectivity index (χ2n) is 6.06. The summed E-state index contributed by atoms with van der Waals surface area (Å²) < 4.78 is 5.39. The Morgan fingerprint density at radius 2 is 1.92 bits per heavy atom. The smallest absolute Gasteiger partial charge is 0.294 e. The van der Waals surface area contributed by atoms with E-state index < -0.39 is 17.1 Å². The highest BCUT2D eigenvalue weighted by molar-refractivity contribution is 8.18. The molecule has 0 bridgehead atoms. The number of amides is 3. The van der Waals surface area contributed by atoms with Gasteiger partial charge in [0.25, 0.3) is 11.1 Å². The van der Waals surface area contributed by atoms with E-state index in [0.29, 0.717) is 17.2 Å². The van der Waals surface area contributed by atoms with Gasteiger partial charge in [-0.25, -0.2) is 0 Å². The molecule has 3 amide bonds. The molecule has 3 rings (SSSR count). The molecule has 0 radical (unpaired) electrons. The van der Waals surface area contributed by atoms with Crippen molar-refractivity contribution in [2.24, 2.45) is 0 Å². The minimum atomic E-state index is -0.496. The summed E-state index contributed by atoms with van der Waals surface area (Å²) in [7, 11) is 0. The molecule has 7 heteroatoms. The average molecular weight is 370 g/mol. The largest absolute Gasteiger partial charge is 0.462 e. The highest BCUT2D eigenvalue weighted by Crippen LogP contribution is 2.32. The van der Waals surface area contributed by atoms with Crippen molar-refractivity contribution in [2.45, 2.75) is 20.8 Å². The summed E-state index contributed by atoms with van der Waals surface area (Å²) in [5.74, 6) is 0.283. The zero-order chi connectivity index (χ0) is 18.8. The molecule has 2 aromatic rings. The molecule has 6 nitrogen and oxygen atoms in total. The lowest BCUT2D eigenvalue weighted by atomic mass is 10.1. The summed E-state index contributed by atoms with van der Waals surface area (Å²) in [6.07, 6.45) is 1.51. The molecular formula is C19H18N2O4S. The number of furan rings is 1. The van der Waals surface area contributed by atoms with Gasteiger partial charge in [0, 0.05) is 11.8 Å². The van der Waals surface area contributed by atoms with Crippen LogP contribution in [0.5, 0.6) is 0 Å². The number of hydrogen-bond acceptors (Lipinski definition) is 5. The SMILES string of the molecule is Cc1ccc(C=C2SC(=O)N(CC(=O)Nc3ccc(C)c(C)c3)C2=O)o1. The number of hydrogen-bond donors (Lipinski definition) is 1. The Morgan fingerprint density at radius 1 is 1.15 bits per heavy atom. The predicted octanol–water partition coefficient (Wildman–Crippen LogP) is 3.88. The normalized spacial score (nSPS) is 15.8. The monoisotopic (exact) mass is 370 g/mol. The first-order valence-corrected chi connectivity index (χ1v) is 8.84. The van der Waals surface area contributed by atoms with E-state index in [2.05, 4.69) is 5.32 Å². The molecule has 0 unspecified atom stereocenters. The quantitative estimate of drug-likeness (QED) is 0.826. The van der Waals surface area contributed by atoms with Crippen LogP contribution < -0.4 is 5.32 Å². The molecule has 1 aliphatic rings. The summed E-state index contributed by atoms with van der Waals surface area (Å²) in [6.45, 7) is 5.39. The zero-order valence-corrected chi connectivity index (χ0v) is 15.5. The highest BCUT2D eigenvalue weighted by Gasteiger charge is 2.36. The van der Waals surface area contributed by atoms with Crippen LogP contribution in [-0.2, 0) is 9.59 Å². The molecule has 2 heterocycles. The molecule has 134 valence electrons. The molecule has 1 saturated heterocycles. The summed E-state index contributed by atoms with van der Waals surface area (Å²) in [6, 6.07) is 9.02. The fourth-order valence-corrected chi connectivity index (χ4v) is 3.28. The van der Waals surface area contributed by atoms with Crippen LogP contribution in [0, 0.1) is 20.8 Å². The van der Waals surface area contributed by atoms with E-state index >= 15 is 0 Å². The average Bonchev–Trinajstić information content (AvgIpc) is 3.09. The number of benzene rings is 1. The van der Waals surface area contributed by atoms with E-state index in [4.69, 9.17) is 4.42 Å². The fraction of sp³-hybridized carbons (Fsp3) is 0.211. The van der Waals surface area contributed by atoms with Gasteiger partial charge in [0.15, 0.2) is 0 Å². The topological polar surface area (TPSA) is 79.6 Å². The molecule has 0 atom stereocenters. The Kier molecular flexibility index (Phi) is 4.99. The molecule has 1 fully saturated rings. The van der Waals surface area contributed by atoms with Gasteiger partial charge in [0.1, 0.15) is 18.1 Å². The van der Waals surface area contributed by atoms with Gasteiger partial charge in [-0.15, -0.1) is 0 Å². The first-order chi connectivity index (χ1) is 12.3. The number of thioether (sulfide) groups is 1. The molecule has 0 saturated carbocycles.